The van der Waals surface area contributed by atoms with Crippen LogP contribution in [-0.4, -0.2) is 18.5 Å². The second-order valence-corrected chi connectivity index (χ2v) is 8.52. The summed E-state index contributed by atoms with van der Waals surface area (Å²) in [5.74, 6) is -0.320. The van der Waals surface area contributed by atoms with E-state index in [2.05, 4.69) is 13.8 Å². The van der Waals surface area contributed by atoms with Crippen molar-refractivity contribution in [1.82, 2.24) is 0 Å². The first-order valence-electron chi connectivity index (χ1n) is 12.5. The fourth-order valence-corrected chi connectivity index (χ4v) is 3.69. The molecule has 1 unspecified atom stereocenters. The normalized spacial score (nSPS) is 11.8. The largest absolute Gasteiger partial charge is 0.465 e. The van der Waals surface area contributed by atoms with Gasteiger partial charge in [0.15, 0.2) is 0 Å². The van der Waals surface area contributed by atoms with E-state index in [4.69, 9.17) is 9.47 Å². The number of ether oxygens (including phenoxy) is 2. The Balaban J connectivity index is 2.24. The number of hydrogen-bond donors (Lipinski definition) is 0. The summed E-state index contributed by atoms with van der Waals surface area (Å²) in [6.45, 7) is 5.01. The molecule has 0 amide bonds. The van der Waals surface area contributed by atoms with Gasteiger partial charge in [0.1, 0.15) is 6.61 Å². The monoisotopic (exact) mass is 432 g/mol. The number of carbonyl (C=O) groups is 2. The van der Waals surface area contributed by atoms with Crippen molar-refractivity contribution in [2.75, 3.05) is 6.61 Å². The van der Waals surface area contributed by atoms with Crippen molar-refractivity contribution in [3.05, 3.63) is 35.9 Å². The standard InChI is InChI=1S/C27H44O4/c1-3-5-7-9-10-15-20-25(19-14-8-6-4-2)27(29)30-22-16-21-26(28)31-23-24-17-12-11-13-18-24/h11-13,17-18,25H,3-10,14-16,19-23H2,1-2H3. The van der Waals surface area contributed by atoms with Gasteiger partial charge in [0.25, 0.3) is 0 Å². The van der Waals surface area contributed by atoms with Crippen LogP contribution in [0.25, 0.3) is 0 Å². The van der Waals surface area contributed by atoms with Gasteiger partial charge in [0, 0.05) is 6.42 Å². The highest BCUT2D eigenvalue weighted by Crippen LogP contribution is 2.20. The SMILES string of the molecule is CCCCCCCCC(CCCCCC)C(=O)OCCCC(=O)OCc1ccccc1. The molecule has 0 aliphatic heterocycles. The second kappa shape index (κ2) is 18.9. The first-order valence-corrected chi connectivity index (χ1v) is 12.5. The quantitative estimate of drug-likeness (QED) is 0.169. The number of esters is 2. The number of carbonyl (C=O) groups excluding carboxylic acids is 2. The lowest BCUT2D eigenvalue weighted by molar-refractivity contribution is -0.151. The molecular formula is C27H44O4. The van der Waals surface area contributed by atoms with Gasteiger partial charge in [-0.1, -0.05) is 108 Å². The van der Waals surface area contributed by atoms with E-state index in [1.54, 1.807) is 0 Å². The minimum atomic E-state index is -0.247. The minimum Gasteiger partial charge on any atom is -0.465 e. The highest BCUT2D eigenvalue weighted by atomic mass is 16.5. The number of rotatable bonds is 19. The molecule has 0 aliphatic rings. The smallest absolute Gasteiger partial charge is 0.308 e. The molecule has 1 aromatic rings. The van der Waals surface area contributed by atoms with Crippen molar-refractivity contribution in [2.45, 2.75) is 110 Å². The number of unbranched alkanes of at least 4 members (excludes halogenated alkanes) is 8. The van der Waals surface area contributed by atoms with Gasteiger partial charge in [-0.25, -0.2) is 0 Å². The highest BCUT2D eigenvalue weighted by molar-refractivity contribution is 5.72. The Kier molecular flexibility index (Phi) is 16.6. The summed E-state index contributed by atoms with van der Waals surface area (Å²) in [6, 6.07) is 9.64. The summed E-state index contributed by atoms with van der Waals surface area (Å²) in [7, 11) is 0. The van der Waals surface area contributed by atoms with Crippen LogP contribution in [0.4, 0.5) is 0 Å². The molecule has 31 heavy (non-hydrogen) atoms. The topological polar surface area (TPSA) is 52.6 Å². The third kappa shape index (κ3) is 14.7. The van der Waals surface area contributed by atoms with Crippen molar-refractivity contribution >= 4 is 11.9 Å². The van der Waals surface area contributed by atoms with E-state index in [9.17, 15) is 9.59 Å². The molecule has 0 spiro atoms. The Morgan fingerprint density at radius 3 is 1.97 bits per heavy atom. The second-order valence-electron chi connectivity index (χ2n) is 8.52. The zero-order valence-electron chi connectivity index (χ0n) is 19.9. The van der Waals surface area contributed by atoms with E-state index >= 15 is 0 Å². The maximum Gasteiger partial charge on any atom is 0.308 e. The molecule has 0 bridgehead atoms. The molecule has 0 aromatic heterocycles. The summed E-state index contributed by atoms with van der Waals surface area (Å²) >= 11 is 0. The molecule has 0 heterocycles. The molecule has 4 nitrogen and oxygen atoms in total. The molecule has 1 rings (SSSR count). The van der Waals surface area contributed by atoms with Crippen molar-refractivity contribution in [3.8, 4) is 0 Å². The molecule has 0 fully saturated rings. The molecular weight excluding hydrogens is 388 g/mol. The Morgan fingerprint density at radius 1 is 0.742 bits per heavy atom. The average molecular weight is 433 g/mol. The molecule has 0 saturated carbocycles. The molecule has 1 atom stereocenters. The van der Waals surface area contributed by atoms with E-state index < -0.39 is 0 Å². The lowest BCUT2D eigenvalue weighted by atomic mass is 9.94. The van der Waals surface area contributed by atoms with Crippen LogP contribution < -0.4 is 0 Å². The summed E-state index contributed by atoms with van der Waals surface area (Å²) < 4.78 is 10.8. The maximum atomic E-state index is 12.6. The van der Waals surface area contributed by atoms with Crippen LogP contribution in [0.3, 0.4) is 0 Å². The van der Waals surface area contributed by atoms with E-state index in [1.165, 1.54) is 51.4 Å². The number of hydrogen-bond acceptors (Lipinski definition) is 4. The van der Waals surface area contributed by atoms with Crippen LogP contribution in [0.1, 0.15) is 109 Å². The van der Waals surface area contributed by atoms with E-state index in [0.717, 1.165) is 31.2 Å². The Morgan fingerprint density at radius 2 is 1.32 bits per heavy atom. The Hall–Kier alpha value is -1.84. The summed E-state index contributed by atoms with van der Waals surface area (Å²) in [4.78, 5) is 24.5. The van der Waals surface area contributed by atoms with Crippen molar-refractivity contribution in [3.63, 3.8) is 0 Å². The lowest BCUT2D eigenvalue weighted by Crippen LogP contribution is -2.19. The van der Waals surface area contributed by atoms with Gasteiger partial charge in [-0.3, -0.25) is 9.59 Å². The van der Waals surface area contributed by atoms with Crippen LogP contribution in [0.15, 0.2) is 30.3 Å². The predicted molar refractivity (Wildman–Crippen MR) is 127 cm³/mol. The fourth-order valence-electron chi connectivity index (χ4n) is 3.69. The summed E-state index contributed by atoms with van der Waals surface area (Å²) in [5, 5.41) is 0. The fraction of sp³-hybridized carbons (Fsp3) is 0.704. The Bertz CT molecular complexity index is 570. The molecule has 0 radical (unpaired) electrons. The minimum absolute atomic E-state index is 0.00747. The van der Waals surface area contributed by atoms with Crippen LogP contribution in [-0.2, 0) is 25.7 Å². The third-order valence-electron chi connectivity index (χ3n) is 5.66. The third-order valence-corrected chi connectivity index (χ3v) is 5.66. The predicted octanol–water partition coefficient (Wildman–Crippen LogP) is 7.39. The number of benzene rings is 1. The highest BCUT2D eigenvalue weighted by Gasteiger charge is 2.19. The molecule has 0 aliphatic carbocycles. The van der Waals surface area contributed by atoms with Crippen LogP contribution in [0.5, 0.6) is 0 Å². The summed E-state index contributed by atoms with van der Waals surface area (Å²) in [5.41, 5.74) is 0.975. The van der Waals surface area contributed by atoms with E-state index in [1.807, 2.05) is 30.3 Å². The first-order chi connectivity index (χ1) is 15.2. The van der Waals surface area contributed by atoms with E-state index in [0.29, 0.717) is 13.0 Å². The Labute approximate surface area is 190 Å². The zero-order valence-corrected chi connectivity index (χ0v) is 19.9. The lowest BCUT2D eigenvalue weighted by Gasteiger charge is -2.16. The summed E-state index contributed by atoms with van der Waals surface area (Å²) in [6.07, 6.45) is 14.8. The molecule has 4 heteroatoms. The zero-order chi connectivity index (χ0) is 22.6. The molecule has 176 valence electrons. The van der Waals surface area contributed by atoms with Crippen LogP contribution in [0, 0.1) is 5.92 Å². The van der Waals surface area contributed by atoms with Crippen LogP contribution in [0.2, 0.25) is 0 Å². The van der Waals surface area contributed by atoms with Gasteiger partial charge < -0.3 is 9.47 Å². The van der Waals surface area contributed by atoms with Gasteiger partial charge in [-0.05, 0) is 24.8 Å². The van der Waals surface area contributed by atoms with E-state index in [-0.39, 0.29) is 30.9 Å². The van der Waals surface area contributed by atoms with Crippen molar-refractivity contribution in [1.29, 1.82) is 0 Å². The van der Waals surface area contributed by atoms with Gasteiger partial charge in [0.05, 0.1) is 12.5 Å². The van der Waals surface area contributed by atoms with Crippen molar-refractivity contribution in [2.24, 2.45) is 5.92 Å². The van der Waals surface area contributed by atoms with Crippen molar-refractivity contribution < 1.29 is 19.1 Å². The first kappa shape index (κ1) is 27.2. The maximum absolute atomic E-state index is 12.6. The van der Waals surface area contributed by atoms with Gasteiger partial charge in [-0.2, -0.15) is 0 Å². The molecule has 1 aromatic carbocycles. The van der Waals surface area contributed by atoms with Gasteiger partial charge in [0.2, 0.25) is 0 Å². The van der Waals surface area contributed by atoms with Gasteiger partial charge in [-0.15, -0.1) is 0 Å². The average Bonchev–Trinajstić information content (AvgIpc) is 2.79. The van der Waals surface area contributed by atoms with Crippen LogP contribution >= 0.6 is 0 Å². The molecule has 0 N–H and O–H groups in total. The molecule has 0 saturated heterocycles. The van der Waals surface area contributed by atoms with Gasteiger partial charge >= 0.3 is 11.9 Å².